The third-order valence-corrected chi connectivity index (χ3v) is 5.86. The second kappa shape index (κ2) is 6.08. The quantitative estimate of drug-likeness (QED) is 0.915. The van der Waals surface area contributed by atoms with Crippen LogP contribution in [-0.2, 0) is 4.74 Å². The lowest BCUT2D eigenvalue weighted by atomic mass is 9.82. The summed E-state index contributed by atoms with van der Waals surface area (Å²) in [4.78, 5) is 12.8. The minimum absolute atomic E-state index is 0.0433. The Bertz CT molecular complexity index is 457. The molecular formula is C16H21NO2S. The molecule has 2 fully saturated rings. The van der Waals surface area contributed by atoms with Crippen LogP contribution in [0.4, 0.5) is 4.79 Å². The van der Waals surface area contributed by atoms with Gasteiger partial charge in [0.1, 0.15) is 6.10 Å². The van der Waals surface area contributed by atoms with Crippen molar-refractivity contribution in [3.63, 3.8) is 0 Å². The van der Waals surface area contributed by atoms with Crippen LogP contribution in [0.3, 0.4) is 0 Å². The molecule has 4 heteroatoms. The number of alkyl carbamates (subject to hydrolysis) is 1. The predicted octanol–water partition coefficient (Wildman–Crippen LogP) is 3.98. The Labute approximate surface area is 124 Å². The van der Waals surface area contributed by atoms with E-state index in [1.54, 1.807) is 0 Å². The van der Waals surface area contributed by atoms with Gasteiger partial charge in [-0.3, -0.25) is 0 Å². The molecule has 3 rings (SSSR count). The van der Waals surface area contributed by atoms with Crippen LogP contribution in [0.25, 0.3) is 0 Å². The van der Waals surface area contributed by atoms with Gasteiger partial charge in [0, 0.05) is 17.9 Å². The smallest absolute Gasteiger partial charge is 0.407 e. The number of amides is 1. The Morgan fingerprint density at radius 3 is 2.60 bits per heavy atom. The number of ether oxygens (including phenoxy) is 1. The monoisotopic (exact) mass is 291 g/mol. The molecule has 1 aromatic carbocycles. The Morgan fingerprint density at radius 2 is 1.90 bits per heavy atom. The zero-order chi connectivity index (χ0) is 13.8. The molecule has 1 amide bonds. The summed E-state index contributed by atoms with van der Waals surface area (Å²) in [5.41, 5.74) is 0. The van der Waals surface area contributed by atoms with E-state index in [2.05, 4.69) is 29.6 Å². The van der Waals surface area contributed by atoms with Gasteiger partial charge in [0.05, 0.1) is 4.75 Å². The largest absolute Gasteiger partial charge is 0.445 e. The van der Waals surface area contributed by atoms with Crippen LogP contribution in [0.1, 0.15) is 38.5 Å². The summed E-state index contributed by atoms with van der Waals surface area (Å²) < 4.78 is 5.70. The van der Waals surface area contributed by atoms with Gasteiger partial charge in [-0.25, -0.2) is 4.79 Å². The van der Waals surface area contributed by atoms with Gasteiger partial charge in [-0.2, -0.15) is 0 Å². The van der Waals surface area contributed by atoms with Gasteiger partial charge in [0.15, 0.2) is 0 Å². The first-order valence-electron chi connectivity index (χ1n) is 7.47. The molecule has 0 bridgehead atoms. The Kier molecular flexibility index (Phi) is 4.20. The summed E-state index contributed by atoms with van der Waals surface area (Å²) in [6.07, 6.45) is 6.78. The van der Waals surface area contributed by atoms with Gasteiger partial charge in [-0.05, 0) is 25.0 Å². The molecule has 1 aliphatic carbocycles. The lowest BCUT2D eigenvalue weighted by molar-refractivity contribution is 0.0403. The van der Waals surface area contributed by atoms with Crippen molar-refractivity contribution in [1.82, 2.24) is 5.32 Å². The lowest BCUT2D eigenvalue weighted by Crippen LogP contribution is -2.50. The van der Waals surface area contributed by atoms with Gasteiger partial charge in [-0.15, -0.1) is 11.8 Å². The molecule has 1 N–H and O–H groups in total. The van der Waals surface area contributed by atoms with E-state index < -0.39 is 0 Å². The molecule has 1 unspecified atom stereocenters. The second-order valence-electron chi connectivity index (χ2n) is 5.65. The molecule has 1 atom stereocenters. The molecule has 1 aromatic rings. The zero-order valence-electron chi connectivity index (χ0n) is 11.6. The molecule has 0 radical (unpaired) electrons. The van der Waals surface area contributed by atoms with Crippen LogP contribution in [0, 0.1) is 0 Å². The summed E-state index contributed by atoms with van der Waals surface area (Å²) in [6.45, 7) is 0.737. The van der Waals surface area contributed by atoms with E-state index in [1.165, 1.54) is 24.2 Å². The highest BCUT2D eigenvalue weighted by atomic mass is 32.2. The highest BCUT2D eigenvalue weighted by molar-refractivity contribution is 8.00. The standard InChI is InChI=1S/C16H21NO2S/c18-15-17-12-9-14(19-15)16(10-5-2-6-11-16)20-13-7-3-1-4-8-13/h1,3-4,7-8,14H,2,5-6,9-12H2,(H,17,18). The van der Waals surface area contributed by atoms with Crippen molar-refractivity contribution in [2.24, 2.45) is 0 Å². The Morgan fingerprint density at radius 1 is 1.15 bits per heavy atom. The maximum atomic E-state index is 11.6. The first kappa shape index (κ1) is 13.8. The van der Waals surface area contributed by atoms with Crippen molar-refractivity contribution >= 4 is 17.9 Å². The first-order valence-corrected chi connectivity index (χ1v) is 8.29. The minimum atomic E-state index is -0.250. The Hall–Kier alpha value is -1.16. The highest BCUT2D eigenvalue weighted by Crippen LogP contribution is 2.48. The van der Waals surface area contributed by atoms with Crippen LogP contribution < -0.4 is 5.32 Å². The van der Waals surface area contributed by atoms with Gasteiger partial charge in [-0.1, -0.05) is 37.5 Å². The summed E-state index contributed by atoms with van der Waals surface area (Å²) in [6, 6.07) is 10.5. The highest BCUT2D eigenvalue weighted by Gasteiger charge is 2.44. The van der Waals surface area contributed by atoms with E-state index in [0.29, 0.717) is 0 Å². The van der Waals surface area contributed by atoms with E-state index in [1.807, 2.05) is 17.8 Å². The number of nitrogens with one attached hydrogen (secondary N) is 1. The van der Waals surface area contributed by atoms with Crippen LogP contribution in [0.5, 0.6) is 0 Å². The number of carbonyl (C=O) groups is 1. The van der Waals surface area contributed by atoms with Crippen molar-refractivity contribution in [2.45, 2.75) is 54.3 Å². The van der Waals surface area contributed by atoms with Gasteiger partial charge in [0.25, 0.3) is 0 Å². The first-order chi connectivity index (χ1) is 9.78. The van der Waals surface area contributed by atoms with E-state index in [-0.39, 0.29) is 16.9 Å². The maximum Gasteiger partial charge on any atom is 0.407 e. The summed E-state index contributed by atoms with van der Waals surface area (Å²) in [7, 11) is 0. The van der Waals surface area contributed by atoms with Gasteiger partial charge < -0.3 is 10.1 Å². The molecule has 108 valence electrons. The summed E-state index contributed by atoms with van der Waals surface area (Å²) >= 11 is 1.92. The normalized spacial score (nSPS) is 25.6. The van der Waals surface area contributed by atoms with Crippen molar-refractivity contribution in [2.75, 3.05) is 6.54 Å². The number of cyclic esters (lactones) is 1. The number of benzene rings is 1. The number of hydrogen-bond donors (Lipinski definition) is 1. The van der Waals surface area contributed by atoms with Gasteiger partial charge in [0.2, 0.25) is 0 Å². The molecule has 2 aliphatic rings. The molecule has 3 nitrogen and oxygen atoms in total. The van der Waals surface area contributed by atoms with E-state index in [0.717, 1.165) is 25.8 Å². The van der Waals surface area contributed by atoms with Crippen molar-refractivity contribution in [3.8, 4) is 0 Å². The molecule has 1 saturated carbocycles. The van der Waals surface area contributed by atoms with E-state index >= 15 is 0 Å². The maximum absolute atomic E-state index is 11.6. The minimum Gasteiger partial charge on any atom is -0.445 e. The second-order valence-corrected chi connectivity index (χ2v) is 7.14. The topological polar surface area (TPSA) is 38.3 Å². The molecular weight excluding hydrogens is 270 g/mol. The van der Waals surface area contributed by atoms with Crippen molar-refractivity contribution < 1.29 is 9.53 Å². The fraction of sp³-hybridized carbons (Fsp3) is 0.562. The number of rotatable bonds is 3. The van der Waals surface area contributed by atoms with E-state index in [9.17, 15) is 4.79 Å². The summed E-state index contributed by atoms with van der Waals surface area (Å²) in [5.74, 6) is 0. The lowest BCUT2D eigenvalue weighted by Gasteiger charge is -2.43. The predicted molar refractivity (Wildman–Crippen MR) is 81.0 cm³/mol. The Balaban J connectivity index is 1.82. The molecule has 0 aromatic heterocycles. The molecule has 1 aliphatic heterocycles. The average molecular weight is 291 g/mol. The molecule has 0 spiro atoms. The van der Waals surface area contributed by atoms with Crippen molar-refractivity contribution in [1.29, 1.82) is 0 Å². The fourth-order valence-corrected chi connectivity index (χ4v) is 4.82. The number of hydrogen-bond acceptors (Lipinski definition) is 3. The van der Waals surface area contributed by atoms with Gasteiger partial charge >= 0.3 is 6.09 Å². The molecule has 1 saturated heterocycles. The number of carbonyl (C=O) groups excluding carboxylic acids is 1. The average Bonchev–Trinajstić information content (AvgIpc) is 2.49. The van der Waals surface area contributed by atoms with Crippen LogP contribution in [-0.4, -0.2) is 23.5 Å². The van der Waals surface area contributed by atoms with Crippen LogP contribution >= 0.6 is 11.8 Å². The van der Waals surface area contributed by atoms with Crippen LogP contribution in [0.15, 0.2) is 35.2 Å². The van der Waals surface area contributed by atoms with E-state index in [4.69, 9.17) is 4.74 Å². The number of thioether (sulfide) groups is 1. The summed E-state index contributed by atoms with van der Waals surface area (Å²) in [5, 5.41) is 2.76. The van der Waals surface area contributed by atoms with Crippen molar-refractivity contribution in [3.05, 3.63) is 30.3 Å². The van der Waals surface area contributed by atoms with Crippen LogP contribution in [0.2, 0.25) is 0 Å². The fourth-order valence-electron chi connectivity index (χ4n) is 3.27. The third-order valence-electron chi connectivity index (χ3n) is 4.28. The molecule has 20 heavy (non-hydrogen) atoms. The SMILES string of the molecule is O=C1NCCC(C2(Sc3ccccc3)CCCCC2)O1. The molecule has 1 heterocycles. The zero-order valence-corrected chi connectivity index (χ0v) is 12.5. The third kappa shape index (κ3) is 2.95.